The van der Waals surface area contributed by atoms with Gasteiger partial charge in [0.05, 0.1) is 0 Å². The van der Waals surface area contributed by atoms with Crippen molar-refractivity contribution >= 4 is 13.5 Å². The molecule has 0 saturated heterocycles. The van der Waals surface area contributed by atoms with E-state index in [1.54, 1.807) is 47.7 Å². The fraction of sp³-hybridized carbons (Fsp3) is 0.174. The summed E-state index contributed by atoms with van der Waals surface area (Å²) >= 11 is 0. The van der Waals surface area contributed by atoms with Gasteiger partial charge in [-0.2, -0.15) is 0 Å². The number of amides is 1. The third kappa shape index (κ3) is 5.42. The summed E-state index contributed by atoms with van der Waals surface area (Å²) in [4.78, 5) is 12.8. The second-order valence-corrected chi connectivity index (χ2v) is 9.63. The van der Waals surface area contributed by atoms with E-state index in [1.807, 2.05) is 66.7 Å². The minimum atomic E-state index is -3.39. The first-order valence-corrected chi connectivity index (χ1v) is 11.1. The number of nitrogens with one attached hydrogen (secondary N) is 1. The molecule has 5 nitrogen and oxygen atoms in total. The Balaban J connectivity index is 1.86. The fourth-order valence-electron chi connectivity index (χ4n) is 3.10. The summed E-state index contributed by atoms with van der Waals surface area (Å²) in [5, 5.41) is 2.82. The Bertz CT molecular complexity index is 914. The van der Waals surface area contributed by atoms with E-state index in [0.717, 1.165) is 11.1 Å². The number of nitrogens with zero attached hydrogens (tertiary/aromatic N) is 2. The molecule has 3 rings (SSSR count). The number of hydrogen-bond acceptors (Lipinski definition) is 2. The highest BCUT2D eigenvalue weighted by atomic mass is 31.2. The van der Waals surface area contributed by atoms with Crippen LogP contribution in [0.15, 0.2) is 91.0 Å². The lowest BCUT2D eigenvalue weighted by atomic mass is 10.2. The van der Waals surface area contributed by atoms with Gasteiger partial charge in [-0.1, -0.05) is 78.9 Å². The standard InChI is InChI=1S/C23H26N3O2P/c1-25(18-20-12-6-3-7-13-20)29(28,24-23(27)22-16-10-5-11-17-22)26(2)19-21-14-8-4-9-15-21/h3-17H,18-19H2,1-2H3,(H,24,27,28). The van der Waals surface area contributed by atoms with Crippen LogP contribution in [0.1, 0.15) is 21.5 Å². The normalized spacial score (nSPS) is 11.6. The van der Waals surface area contributed by atoms with Gasteiger partial charge in [-0.25, -0.2) is 9.34 Å². The molecule has 0 atom stereocenters. The Labute approximate surface area is 172 Å². The van der Waals surface area contributed by atoms with E-state index in [0.29, 0.717) is 18.7 Å². The smallest absolute Gasteiger partial charge is 0.279 e. The zero-order valence-corrected chi connectivity index (χ0v) is 17.6. The van der Waals surface area contributed by atoms with Crippen LogP contribution >= 0.6 is 7.59 Å². The molecule has 0 saturated carbocycles. The van der Waals surface area contributed by atoms with Crippen molar-refractivity contribution in [1.29, 1.82) is 0 Å². The lowest BCUT2D eigenvalue weighted by Crippen LogP contribution is -2.37. The molecule has 0 aliphatic heterocycles. The summed E-state index contributed by atoms with van der Waals surface area (Å²) in [6.45, 7) is 0.901. The maximum absolute atomic E-state index is 14.1. The third-order valence-corrected chi connectivity index (χ3v) is 7.35. The molecule has 0 bridgehead atoms. The lowest BCUT2D eigenvalue weighted by Gasteiger charge is -2.35. The van der Waals surface area contributed by atoms with Gasteiger partial charge in [-0.05, 0) is 37.4 Å². The van der Waals surface area contributed by atoms with Crippen molar-refractivity contribution in [3.63, 3.8) is 0 Å². The predicted molar refractivity (Wildman–Crippen MR) is 117 cm³/mol. The van der Waals surface area contributed by atoms with Crippen molar-refractivity contribution in [1.82, 2.24) is 14.4 Å². The maximum Gasteiger partial charge on any atom is 0.311 e. The zero-order chi connectivity index (χ0) is 20.7. The van der Waals surface area contributed by atoms with Crippen LogP contribution in [0.3, 0.4) is 0 Å². The monoisotopic (exact) mass is 407 g/mol. The Morgan fingerprint density at radius 1 is 0.724 bits per heavy atom. The van der Waals surface area contributed by atoms with E-state index in [-0.39, 0.29) is 5.91 Å². The van der Waals surface area contributed by atoms with Crippen LogP contribution in [0, 0.1) is 0 Å². The Kier molecular flexibility index (Phi) is 6.99. The summed E-state index contributed by atoms with van der Waals surface area (Å²) in [7, 11) is 0.170. The molecule has 0 fully saturated rings. The van der Waals surface area contributed by atoms with Crippen LogP contribution in [-0.2, 0) is 17.7 Å². The minimum absolute atomic E-state index is 0.353. The van der Waals surface area contributed by atoms with Crippen molar-refractivity contribution in [2.45, 2.75) is 13.1 Å². The molecule has 3 aromatic rings. The molecule has 0 radical (unpaired) electrons. The van der Waals surface area contributed by atoms with Crippen molar-refractivity contribution in [2.24, 2.45) is 0 Å². The van der Waals surface area contributed by atoms with Gasteiger partial charge in [0.2, 0.25) is 0 Å². The van der Waals surface area contributed by atoms with Gasteiger partial charge < -0.3 is 0 Å². The molecule has 6 heteroatoms. The first kappa shape index (κ1) is 21.0. The zero-order valence-electron chi connectivity index (χ0n) is 16.7. The lowest BCUT2D eigenvalue weighted by molar-refractivity contribution is 0.0974. The Morgan fingerprint density at radius 3 is 1.52 bits per heavy atom. The fourth-order valence-corrected chi connectivity index (χ4v) is 5.07. The summed E-state index contributed by atoms with van der Waals surface area (Å²) in [5.74, 6) is -0.353. The molecule has 3 aromatic carbocycles. The van der Waals surface area contributed by atoms with Gasteiger partial charge in [-0.3, -0.25) is 14.4 Å². The summed E-state index contributed by atoms with van der Waals surface area (Å²) in [6, 6.07) is 28.5. The molecule has 0 unspecified atom stereocenters. The van der Waals surface area contributed by atoms with Crippen molar-refractivity contribution < 1.29 is 9.36 Å². The van der Waals surface area contributed by atoms with E-state index in [9.17, 15) is 9.36 Å². The third-order valence-electron chi connectivity index (χ3n) is 4.72. The van der Waals surface area contributed by atoms with Crippen LogP contribution in [0.5, 0.6) is 0 Å². The largest absolute Gasteiger partial charge is 0.311 e. The number of hydrogen-bond donors (Lipinski definition) is 1. The van der Waals surface area contributed by atoms with Crippen LogP contribution < -0.4 is 5.09 Å². The molecule has 0 aromatic heterocycles. The van der Waals surface area contributed by atoms with Gasteiger partial charge in [0, 0.05) is 18.7 Å². The highest BCUT2D eigenvalue weighted by Crippen LogP contribution is 2.49. The van der Waals surface area contributed by atoms with E-state index in [4.69, 9.17) is 0 Å². The van der Waals surface area contributed by atoms with E-state index in [1.165, 1.54) is 0 Å². The van der Waals surface area contributed by atoms with Gasteiger partial charge in [0.15, 0.2) is 0 Å². The predicted octanol–water partition coefficient (Wildman–Crippen LogP) is 4.79. The van der Waals surface area contributed by atoms with E-state index >= 15 is 0 Å². The van der Waals surface area contributed by atoms with Crippen LogP contribution in [0.25, 0.3) is 0 Å². The number of carbonyl (C=O) groups excluding carboxylic acids is 1. The second-order valence-electron chi connectivity index (χ2n) is 6.95. The summed E-state index contributed by atoms with van der Waals surface area (Å²) < 4.78 is 17.6. The molecule has 1 N–H and O–H groups in total. The van der Waals surface area contributed by atoms with Gasteiger partial charge in [0.1, 0.15) is 0 Å². The first-order chi connectivity index (χ1) is 14.0. The Hall–Kier alpha value is -2.72. The number of carbonyl (C=O) groups is 1. The summed E-state index contributed by atoms with van der Waals surface area (Å²) in [6.07, 6.45) is 0. The van der Waals surface area contributed by atoms with Crippen LogP contribution in [0.4, 0.5) is 0 Å². The van der Waals surface area contributed by atoms with Crippen LogP contribution in [-0.4, -0.2) is 29.3 Å². The molecule has 1 amide bonds. The van der Waals surface area contributed by atoms with Gasteiger partial charge >= 0.3 is 7.59 Å². The quantitative estimate of drug-likeness (QED) is 0.546. The number of rotatable bonds is 8. The molecule has 29 heavy (non-hydrogen) atoms. The average molecular weight is 407 g/mol. The van der Waals surface area contributed by atoms with Crippen molar-refractivity contribution in [3.05, 3.63) is 108 Å². The van der Waals surface area contributed by atoms with Gasteiger partial charge in [0.25, 0.3) is 5.91 Å². The molecular weight excluding hydrogens is 381 g/mol. The molecule has 0 aliphatic carbocycles. The molecule has 0 spiro atoms. The topological polar surface area (TPSA) is 52.7 Å². The van der Waals surface area contributed by atoms with Crippen molar-refractivity contribution in [3.8, 4) is 0 Å². The molecule has 0 heterocycles. The van der Waals surface area contributed by atoms with Crippen LogP contribution in [0.2, 0.25) is 0 Å². The second kappa shape index (κ2) is 9.66. The highest BCUT2D eigenvalue weighted by molar-refractivity contribution is 7.57. The summed E-state index contributed by atoms with van der Waals surface area (Å²) in [5.41, 5.74) is 2.53. The number of benzene rings is 3. The van der Waals surface area contributed by atoms with E-state index < -0.39 is 7.59 Å². The highest BCUT2D eigenvalue weighted by Gasteiger charge is 2.35. The molecule has 150 valence electrons. The van der Waals surface area contributed by atoms with E-state index in [2.05, 4.69) is 5.09 Å². The van der Waals surface area contributed by atoms with Crippen molar-refractivity contribution in [2.75, 3.05) is 14.1 Å². The van der Waals surface area contributed by atoms with Gasteiger partial charge in [-0.15, -0.1) is 0 Å². The molecule has 0 aliphatic rings. The first-order valence-electron chi connectivity index (χ1n) is 9.48. The maximum atomic E-state index is 14.1. The Morgan fingerprint density at radius 2 is 1.10 bits per heavy atom. The minimum Gasteiger partial charge on any atom is -0.279 e. The average Bonchev–Trinajstić information content (AvgIpc) is 2.75. The molecular formula is C23H26N3O2P. The SMILES string of the molecule is CN(Cc1ccccc1)P(=O)(NC(=O)c1ccccc1)N(C)Cc1ccccc1.